The number of hydrogen-bond acceptors (Lipinski definition) is 5. The maximum absolute atomic E-state index is 13.9. The van der Waals surface area contributed by atoms with Gasteiger partial charge in [0.2, 0.25) is 5.95 Å². The van der Waals surface area contributed by atoms with Crippen molar-refractivity contribution < 1.29 is 9.90 Å². The number of carbonyl (C=O) groups is 1. The Morgan fingerprint density at radius 1 is 0.833 bits per heavy atom. The Labute approximate surface area is 207 Å². The predicted molar refractivity (Wildman–Crippen MR) is 138 cm³/mol. The summed E-state index contributed by atoms with van der Waals surface area (Å²) >= 11 is 0. The number of hydrogen-bond donors (Lipinski definition) is 1. The maximum atomic E-state index is 13.9. The molecule has 1 aliphatic heterocycles. The molecule has 0 bridgehead atoms. The smallest absolute Gasteiger partial charge is 0.355 e. The summed E-state index contributed by atoms with van der Waals surface area (Å²) in [6.45, 7) is 1.45. The van der Waals surface area contributed by atoms with E-state index in [0.717, 1.165) is 40.5 Å². The summed E-state index contributed by atoms with van der Waals surface area (Å²) in [5, 5.41) is 9.29. The van der Waals surface area contributed by atoms with Gasteiger partial charge in [-0.1, -0.05) is 54.6 Å². The Hall–Kier alpha value is -4.46. The summed E-state index contributed by atoms with van der Waals surface area (Å²) in [6.07, 6.45) is 2.98. The van der Waals surface area contributed by atoms with Crippen molar-refractivity contribution in [3.8, 4) is 16.8 Å². The fourth-order valence-electron chi connectivity index (χ4n) is 4.63. The monoisotopic (exact) mass is 482 g/mol. The minimum atomic E-state index is -1.05. The number of benzene rings is 3. The van der Waals surface area contributed by atoms with Gasteiger partial charge in [-0.25, -0.2) is 23.5 Å². The van der Waals surface area contributed by atoms with Crippen molar-refractivity contribution in [2.24, 2.45) is 0 Å². The molecule has 3 aromatic carbocycles. The summed E-state index contributed by atoms with van der Waals surface area (Å²) in [7, 11) is 0. The molecule has 0 saturated carbocycles. The Balaban J connectivity index is 1.65. The summed E-state index contributed by atoms with van der Waals surface area (Å²) in [4.78, 5) is 44.8. The van der Waals surface area contributed by atoms with Gasteiger partial charge in [-0.05, 0) is 60.2 Å². The zero-order chi connectivity index (χ0) is 25.1. The van der Waals surface area contributed by atoms with Crippen LogP contribution in [-0.2, 0) is 6.54 Å². The first-order valence-electron chi connectivity index (χ1n) is 12.0. The number of aromatic nitrogens is 3. The van der Waals surface area contributed by atoms with Crippen molar-refractivity contribution in [3.05, 3.63) is 111 Å². The number of carboxylic acid groups (broad SMARTS) is 1. The number of rotatable bonds is 6. The Kier molecular flexibility index (Phi) is 6.49. The first kappa shape index (κ1) is 23.3. The molecule has 36 heavy (non-hydrogen) atoms. The van der Waals surface area contributed by atoms with Crippen LogP contribution < -0.4 is 16.3 Å². The topological polar surface area (TPSA) is 97.4 Å². The first-order chi connectivity index (χ1) is 17.5. The number of piperidine rings is 1. The van der Waals surface area contributed by atoms with Crippen molar-refractivity contribution >= 4 is 11.9 Å². The first-order valence-corrected chi connectivity index (χ1v) is 12.0. The van der Waals surface area contributed by atoms with Crippen molar-refractivity contribution in [2.75, 3.05) is 18.0 Å². The summed E-state index contributed by atoms with van der Waals surface area (Å²) in [5.74, 6) is -0.758. The van der Waals surface area contributed by atoms with Crippen LogP contribution in [0.1, 0.15) is 35.2 Å². The van der Waals surface area contributed by atoms with Gasteiger partial charge in [0, 0.05) is 13.1 Å². The van der Waals surface area contributed by atoms with E-state index in [0.29, 0.717) is 24.7 Å². The summed E-state index contributed by atoms with van der Waals surface area (Å²) in [6, 6.07) is 23.5. The lowest BCUT2D eigenvalue weighted by atomic mass is 10.00. The van der Waals surface area contributed by atoms with Crippen LogP contribution in [0.3, 0.4) is 0 Å². The highest BCUT2D eigenvalue weighted by molar-refractivity contribution is 5.87. The highest BCUT2D eigenvalue weighted by atomic mass is 16.4. The highest BCUT2D eigenvalue weighted by Gasteiger charge is 2.22. The van der Waals surface area contributed by atoms with Crippen LogP contribution in [0.2, 0.25) is 0 Å². The second-order valence-electron chi connectivity index (χ2n) is 8.82. The molecule has 0 spiro atoms. The normalized spacial score (nSPS) is 13.5. The number of aromatic carboxylic acids is 1. The van der Waals surface area contributed by atoms with E-state index in [1.165, 1.54) is 16.7 Å². The van der Waals surface area contributed by atoms with Gasteiger partial charge in [0.05, 0.1) is 17.8 Å². The van der Waals surface area contributed by atoms with Crippen LogP contribution in [0.25, 0.3) is 16.8 Å². The second-order valence-corrected chi connectivity index (χ2v) is 8.82. The van der Waals surface area contributed by atoms with E-state index in [-0.39, 0.29) is 12.1 Å². The molecule has 5 rings (SSSR count). The molecule has 0 aliphatic carbocycles. The van der Waals surface area contributed by atoms with E-state index in [2.05, 4.69) is 4.98 Å². The lowest BCUT2D eigenvalue weighted by Gasteiger charge is -2.29. The molecular formula is C28H26N4O4. The molecule has 8 heteroatoms. The van der Waals surface area contributed by atoms with Crippen LogP contribution in [0, 0.1) is 0 Å². The Morgan fingerprint density at radius 3 is 2.19 bits per heavy atom. The van der Waals surface area contributed by atoms with Gasteiger partial charge in [0.25, 0.3) is 0 Å². The van der Waals surface area contributed by atoms with E-state index >= 15 is 0 Å². The van der Waals surface area contributed by atoms with Crippen LogP contribution in [0.15, 0.2) is 88.5 Å². The van der Waals surface area contributed by atoms with E-state index in [9.17, 15) is 19.5 Å². The van der Waals surface area contributed by atoms with E-state index < -0.39 is 17.3 Å². The number of anilines is 1. The lowest BCUT2D eigenvalue weighted by Crippen LogP contribution is -2.45. The molecular weight excluding hydrogens is 456 g/mol. The molecule has 1 N–H and O–H groups in total. The fraction of sp³-hybridized carbons (Fsp3) is 0.214. The SMILES string of the molecule is O=C(O)c1ccc(-n2c(N3CCCCC3)nc(=O)n(Cc3ccccc3-c3ccccc3)c2=O)cc1. The molecule has 0 radical (unpaired) electrons. The van der Waals surface area contributed by atoms with Crippen LogP contribution >= 0.6 is 0 Å². The minimum absolute atomic E-state index is 0.0588. The van der Waals surface area contributed by atoms with Gasteiger partial charge in [-0.2, -0.15) is 4.98 Å². The maximum Gasteiger partial charge on any atom is 0.355 e. The van der Waals surface area contributed by atoms with Gasteiger partial charge in [0.1, 0.15) is 0 Å². The Bertz CT molecular complexity index is 1500. The molecule has 2 heterocycles. The molecule has 1 saturated heterocycles. The molecule has 0 amide bonds. The van der Waals surface area contributed by atoms with Crippen molar-refractivity contribution in [1.82, 2.24) is 14.1 Å². The van der Waals surface area contributed by atoms with Crippen LogP contribution in [0.4, 0.5) is 5.95 Å². The molecule has 1 fully saturated rings. The second kappa shape index (κ2) is 10.0. The molecule has 182 valence electrons. The standard InChI is InChI=1S/C28H26N4O4/c33-25(34)21-13-15-23(16-14-21)32-26(30-17-7-2-8-18-30)29-27(35)31(28(32)36)19-22-11-5-6-12-24(22)20-9-3-1-4-10-20/h1,3-6,9-16H,2,7-8,17-19H2,(H,33,34). The van der Waals surface area contributed by atoms with Gasteiger partial charge in [-0.3, -0.25) is 0 Å². The molecule has 4 aromatic rings. The molecule has 0 unspecified atom stereocenters. The van der Waals surface area contributed by atoms with E-state index in [4.69, 9.17) is 0 Å². The lowest BCUT2D eigenvalue weighted by molar-refractivity contribution is 0.0697. The quantitative estimate of drug-likeness (QED) is 0.449. The third-order valence-electron chi connectivity index (χ3n) is 6.49. The fourth-order valence-corrected chi connectivity index (χ4v) is 4.63. The highest BCUT2D eigenvalue weighted by Crippen LogP contribution is 2.24. The molecule has 1 aliphatic rings. The van der Waals surface area contributed by atoms with Crippen molar-refractivity contribution in [2.45, 2.75) is 25.8 Å². The Morgan fingerprint density at radius 2 is 1.50 bits per heavy atom. The van der Waals surface area contributed by atoms with Crippen LogP contribution in [-0.4, -0.2) is 38.3 Å². The minimum Gasteiger partial charge on any atom is -0.478 e. The van der Waals surface area contributed by atoms with E-state index in [1.807, 2.05) is 59.5 Å². The van der Waals surface area contributed by atoms with Crippen molar-refractivity contribution in [3.63, 3.8) is 0 Å². The molecule has 8 nitrogen and oxygen atoms in total. The summed E-state index contributed by atoms with van der Waals surface area (Å²) < 4.78 is 2.56. The van der Waals surface area contributed by atoms with Gasteiger partial charge >= 0.3 is 17.3 Å². The van der Waals surface area contributed by atoms with Gasteiger partial charge < -0.3 is 10.0 Å². The van der Waals surface area contributed by atoms with Gasteiger partial charge in [0.15, 0.2) is 0 Å². The largest absolute Gasteiger partial charge is 0.478 e. The average Bonchev–Trinajstić information content (AvgIpc) is 2.92. The average molecular weight is 483 g/mol. The zero-order valence-corrected chi connectivity index (χ0v) is 19.7. The molecule has 0 atom stereocenters. The third-order valence-corrected chi connectivity index (χ3v) is 6.49. The summed E-state index contributed by atoms with van der Waals surface area (Å²) in [5.41, 5.74) is 2.20. The van der Waals surface area contributed by atoms with E-state index in [1.54, 1.807) is 12.1 Å². The third kappa shape index (κ3) is 4.57. The van der Waals surface area contributed by atoms with Gasteiger partial charge in [-0.15, -0.1) is 0 Å². The van der Waals surface area contributed by atoms with Crippen molar-refractivity contribution in [1.29, 1.82) is 0 Å². The van der Waals surface area contributed by atoms with Crippen LogP contribution in [0.5, 0.6) is 0 Å². The number of nitrogens with zero attached hydrogens (tertiary/aromatic N) is 4. The predicted octanol–water partition coefficient (Wildman–Crippen LogP) is 3.80. The number of carboxylic acids is 1. The zero-order valence-electron chi connectivity index (χ0n) is 19.7. The molecule has 1 aromatic heterocycles.